The van der Waals surface area contributed by atoms with Crippen LogP contribution in [0.2, 0.25) is 0 Å². The van der Waals surface area contributed by atoms with Crippen LogP contribution in [0.25, 0.3) is 28.2 Å². The normalized spacial score (nSPS) is 12.0. The number of hydrogen-bond acceptors (Lipinski definition) is 5. The Morgan fingerprint density at radius 2 is 1.52 bits per heavy atom. The molecule has 0 unspecified atom stereocenters. The Hall–Kier alpha value is -4.55. The Labute approximate surface area is 252 Å². The second-order valence-corrected chi connectivity index (χ2v) is 11.8. The zero-order valence-electron chi connectivity index (χ0n) is 23.8. The van der Waals surface area contributed by atoms with Gasteiger partial charge in [0.25, 0.3) is 0 Å². The Bertz CT molecular complexity index is 1930. The van der Waals surface area contributed by atoms with Gasteiger partial charge in [-0.05, 0) is 67.3 Å². The maximum Gasteiger partial charge on any atom is 0.416 e. The summed E-state index contributed by atoms with van der Waals surface area (Å²) in [6, 6.07) is 24.1. The van der Waals surface area contributed by atoms with Gasteiger partial charge in [-0.1, -0.05) is 55.5 Å². The Morgan fingerprint density at radius 1 is 0.841 bits per heavy atom. The van der Waals surface area contributed by atoms with E-state index in [9.17, 15) is 26.4 Å². The lowest BCUT2D eigenvalue weighted by atomic mass is 10.0. The minimum Gasteiger partial charge on any atom is -0.279 e. The number of nitrogens with two attached hydrogens (primary N) is 1. The van der Waals surface area contributed by atoms with Gasteiger partial charge in [0, 0.05) is 24.1 Å². The van der Waals surface area contributed by atoms with E-state index < -0.39 is 21.8 Å². The molecule has 0 saturated heterocycles. The van der Waals surface area contributed by atoms with Crippen LogP contribution in [-0.4, -0.2) is 27.7 Å². The number of pyridine rings is 1. The molecular weight excluding hydrogens is 591 g/mol. The van der Waals surface area contributed by atoms with Crippen LogP contribution in [0.3, 0.4) is 0 Å². The van der Waals surface area contributed by atoms with Crippen LogP contribution in [0, 0.1) is 0 Å². The number of sulfonamides is 1. The van der Waals surface area contributed by atoms with Gasteiger partial charge in [0.1, 0.15) is 5.82 Å². The smallest absolute Gasteiger partial charge is 0.279 e. The molecular formula is C32H30F3N5O3S. The first-order valence-electron chi connectivity index (χ1n) is 14.0. The maximum atomic E-state index is 13.0. The summed E-state index contributed by atoms with van der Waals surface area (Å²) in [6.07, 6.45) is -1.84. The Morgan fingerprint density at radius 3 is 2.18 bits per heavy atom. The lowest BCUT2D eigenvalue weighted by Crippen LogP contribution is -2.24. The Balaban J connectivity index is 1.29. The predicted octanol–water partition coefficient (Wildman–Crippen LogP) is 6.01. The average Bonchev–Trinajstić information content (AvgIpc) is 3.31. The minimum atomic E-state index is -4.46. The summed E-state index contributed by atoms with van der Waals surface area (Å²) in [5.74, 6) is 0.578. The van der Waals surface area contributed by atoms with Crippen molar-refractivity contribution in [3.63, 3.8) is 0 Å². The number of rotatable bonds is 10. The number of aryl methyl sites for hydroxylation is 2. The van der Waals surface area contributed by atoms with Crippen LogP contribution in [0.1, 0.15) is 36.7 Å². The molecule has 0 saturated carbocycles. The first-order valence-corrected chi connectivity index (χ1v) is 15.6. The molecule has 5 rings (SSSR count). The van der Waals surface area contributed by atoms with Crippen molar-refractivity contribution in [3.05, 3.63) is 118 Å². The molecule has 0 aliphatic carbocycles. The predicted molar refractivity (Wildman–Crippen MR) is 162 cm³/mol. The van der Waals surface area contributed by atoms with Gasteiger partial charge in [-0.15, -0.1) is 5.10 Å². The van der Waals surface area contributed by atoms with Crippen molar-refractivity contribution in [1.82, 2.24) is 19.3 Å². The van der Waals surface area contributed by atoms with Gasteiger partial charge in [-0.2, -0.15) is 17.9 Å². The summed E-state index contributed by atoms with van der Waals surface area (Å²) in [7, 11) is -3.92. The summed E-state index contributed by atoms with van der Waals surface area (Å²) < 4.78 is 65.8. The number of primary sulfonamides is 1. The quantitative estimate of drug-likeness (QED) is 0.205. The van der Waals surface area contributed by atoms with Crippen LogP contribution in [0.4, 0.5) is 13.2 Å². The van der Waals surface area contributed by atoms with E-state index in [1.165, 1.54) is 18.2 Å². The first kappa shape index (κ1) is 30.9. The van der Waals surface area contributed by atoms with Crippen LogP contribution >= 0.6 is 0 Å². The highest BCUT2D eigenvalue weighted by molar-refractivity contribution is 7.89. The summed E-state index contributed by atoms with van der Waals surface area (Å²) in [5.41, 5.74) is 2.63. The number of nitrogens with zero attached hydrogens (tertiary/aromatic N) is 4. The highest BCUT2D eigenvalue weighted by Crippen LogP contribution is 2.30. The van der Waals surface area contributed by atoms with Gasteiger partial charge in [-0.3, -0.25) is 4.57 Å². The highest BCUT2D eigenvalue weighted by Gasteiger charge is 2.30. The van der Waals surface area contributed by atoms with Gasteiger partial charge in [0.2, 0.25) is 10.0 Å². The van der Waals surface area contributed by atoms with E-state index in [4.69, 9.17) is 5.14 Å². The third-order valence-electron chi connectivity index (χ3n) is 7.16. The molecule has 0 aliphatic rings. The molecule has 2 heterocycles. The van der Waals surface area contributed by atoms with Crippen molar-refractivity contribution in [3.8, 4) is 28.2 Å². The van der Waals surface area contributed by atoms with Crippen molar-refractivity contribution in [2.45, 2.75) is 50.2 Å². The molecule has 3 aromatic carbocycles. The molecule has 2 aromatic heterocycles. The second-order valence-electron chi connectivity index (χ2n) is 10.3. The third-order valence-corrected chi connectivity index (χ3v) is 8.13. The lowest BCUT2D eigenvalue weighted by molar-refractivity contribution is -0.137. The van der Waals surface area contributed by atoms with Crippen LogP contribution in [0.15, 0.2) is 101 Å². The minimum absolute atomic E-state index is 0.00792. The number of hydrogen-bond donors (Lipinski definition) is 1. The van der Waals surface area contributed by atoms with E-state index in [-0.39, 0.29) is 16.3 Å². The topological polar surface area (TPSA) is 113 Å². The molecule has 0 radical (unpaired) electrons. The highest BCUT2D eigenvalue weighted by atomic mass is 32.2. The molecule has 44 heavy (non-hydrogen) atoms. The molecule has 228 valence electrons. The molecule has 0 amide bonds. The molecule has 2 N–H and O–H groups in total. The molecule has 5 aromatic rings. The molecule has 0 fully saturated rings. The van der Waals surface area contributed by atoms with Gasteiger partial charge >= 0.3 is 11.9 Å². The van der Waals surface area contributed by atoms with E-state index in [2.05, 4.69) is 10.1 Å². The standard InChI is InChI=1S/C32H30F3N5O3S/c1-2-21-39-30(38-40(31(39)41)25-19-17-24(18-20-25)32(33,34)35)12-5-7-22-13-15-23(16-14-22)27-9-6-10-28(37-27)26-8-3-4-11-29(26)44(36,42)43/h3-4,6,8-11,13-20H,2,5,7,12,21H2,1H3,(H2,36,42,43). The zero-order chi connectivity index (χ0) is 31.5. The molecule has 0 aliphatic heterocycles. The van der Waals surface area contributed by atoms with Gasteiger partial charge in [0.15, 0.2) is 0 Å². The number of benzene rings is 3. The average molecular weight is 622 g/mol. The molecule has 0 spiro atoms. The fourth-order valence-electron chi connectivity index (χ4n) is 4.99. The second kappa shape index (κ2) is 12.6. The monoisotopic (exact) mass is 621 g/mol. The molecule has 0 atom stereocenters. The number of alkyl halides is 3. The van der Waals surface area contributed by atoms with Gasteiger partial charge < -0.3 is 0 Å². The zero-order valence-corrected chi connectivity index (χ0v) is 24.6. The van der Waals surface area contributed by atoms with Crippen molar-refractivity contribution < 1.29 is 21.6 Å². The van der Waals surface area contributed by atoms with Crippen LogP contribution in [-0.2, 0) is 35.6 Å². The lowest BCUT2D eigenvalue weighted by Gasteiger charge is -2.09. The molecule has 8 nitrogen and oxygen atoms in total. The summed E-state index contributed by atoms with van der Waals surface area (Å²) >= 11 is 0. The van der Waals surface area contributed by atoms with E-state index in [1.807, 2.05) is 43.3 Å². The van der Waals surface area contributed by atoms with Crippen LogP contribution in [0.5, 0.6) is 0 Å². The van der Waals surface area contributed by atoms with Gasteiger partial charge in [-0.25, -0.2) is 23.3 Å². The third kappa shape index (κ3) is 6.81. The number of halogens is 3. The van der Waals surface area contributed by atoms with Crippen molar-refractivity contribution in [2.24, 2.45) is 5.14 Å². The molecule has 0 bridgehead atoms. The SMILES string of the molecule is CCCn1c(CCCc2ccc(-c3cccc(-c4ccccc4S(N)(=O)=O)n3)cc2)nn(-c2ccc(C(F)(F)F)cc2)c1=O. The van der Waals surface area contributed by atoms with Crippen molar-refractivity contribution in [2.75, 3.05) is 0 Å². The first-order chi connectivity index (χ1) is 21.0. The fourth-order valence-corrected chi connectivity index (χ4v) is 5.74. The summed E-state index contributed by atoms with van der Waals surface area (Å²) in [5, 5.41) is 9.86. The van der Waals surface area contributed by atoms with Gasteiger partial charge in [0.05, 0.1) is 27.5 Å². The number of aromatic nitrogens is 4. The van der Waals surface area contributed by atoms with E-state index in [0.29, 0.717) is 55.0 Å². The van der Waals surface area contributed by atoms with E-state index in [0.717, 1.165) is 27.9 Å². The van der Waals surface area contributed by atoms with Crippen molar-refractivity contribution in [1.29, 1.82) is 0 Å². The summed E-state index contributed by atoms with van der Waals surface area (Å²) in [4.78, 5) is 17.7. The molecule has 12 heteroatoms. The van der Waals surface area contributed by atoms with E-state index in [1.54, 1.807) is 28.8 Å². The van der Waals surface area contributed by atoms with Crippen molar-refractivity contribution >= 4 is 10.0 Å². The largest absolute Gasteiger partial charge is 0.416 e. The van der Waals surface area contributed by atoms with Crippen LogP contribution < -0.4 is 10.8 Å². The summed E-state index contributed by atoms with van der Waals surface area (Å²) in [6.45, 7) is 2.40. The fraction of sp³-hybridized carbons (Fsp3) is 0.219. The maximum absolute atomic E-state index is 13.0. The van der Waals surface area contributed by atoms with E-state index >= 15 is 0 Å². The Kier molecular flexibility index (Phi) is 8.84.